The Hall–Kier alpha value is -3.58. The predicted molar refractivity (Wildman–Crippen MR) is 172 cm³/mol. The molecule has 226 valence electrons. The summed E-state index contributed by atoms with van der Waals surface area (Å²) in [4.78, 5) is 46.5. The van der Waals surface area contributed by atoms with E-state index in [4.69, 9.17) is 4.74 Å². The molecule has 1 aliphatic rings. The number of pyridine rings is 1. The number of carbonyl (C=O) groups is 4. The van der Waals surface area contributed by atoms with Crippen LogP contribution in [0.3, 0.4) is 0 Å². The Morgan fingerprint density at radius 2 is 1.33 bits per heavy atom. The Morgan fingerprint density at radius 1 is 0.738 bits per heavy atom. The summed E-state index contributed by atoms with van der Waals surface area (Å²) in [6, 6.07) is 20.5. The minimum Gasteiger partial charge on any atom is -0.486 e. The zero-order valence-electron chi connectivity index (χ0n) is 25.4. The van der Waals surface area contributed by atoms with Crippen molar-refractivity contribution in [2.24, 2.45) is 5.92 Å². The van der Waals surface area contributed by atoms with Crippen LogP contribution in [0.1, 0.15) is 87.7 Å². The number of rotatable bonds is 9. The van der Waals surface area contributed by atoms with Crippen LogP contribution in [0.25, 0.3) is 0 Å². The van der Waals surface area contributed by atoms with Crippen LogP contribution in [0.2, 0.25) is 0 Å². The second-order valence-corrected chi connectivity index (χ2v) is 10.7. The number of nitrogens with zero attached hydrogens (tertiary/aromatic N) is 1. The number of para-hydroxylation sites is 1. The molecule has 1 fully saturated rings. The van der Waals surface area contributed by atoms with Crippen LogP contribution in [-0.2, 0) is 26.6 Å². The number of benzene rings is 2. The van der Waals surface area contributed by atoms with Crippen LogP contribution >= 0.6 is 12.6 Å². The maximum Gasteiger partial charge on any atom is 0.167 e. The van der Waals surface area contributed by atoms with E-state index in [9.17, 15) is 19.2 Å². The van der Waals surface area contributed by atoms with Gasteiger partial charge in [-0.15, -0.1) is 0 Å². The highest BCUT2D eigenvalue weighted by Gasteiger charge is 2.14. The van der Waals surface area contributed by atoms with Gasteiger partial charge in [-0.2, -0.15) is 12.6 Å². The molecule has 1 aromatic heterocycles. The number of thiol groups is 1. The third-order valence-electron chi connectivity index (χ3n) is 6.23. The molecule has 0 spiro atoms. The summed E-state index contributed by atoms with van der Waals surface area (Å²) in [6.45, 7) is 6.51. The number of ether oxygens (including phenoxy) is 1. The van der Waals surface area contributed by atoms with Crippen molar-refractivity contribution in [3.63, 3.8) is 0 Å². The van der Waals surface area contributed by atoms with Gasteiger partial charge in [-0.25, -0.2) is 0 Å². The van der Waals surface area contributed by atoms with Crippen molar-refractivity contribution in [3.8, 4) is 5.75 Å². The van der Waals surface area contributed by atoms with Crippen molar-refractivity contribution < 1.29 is 23.9 Å². The summed E-state index contributed by atoms with van der Waals surface area (Å²) in [5, 5.41) is 0. The van der Waals surface area contributed by atoms with E-state index in [-0.39, 0.29) is 24.0 Å². The normalized spacial score (nSPS) is 12.1. The predicted octanol–water partition coefficient (Wildman–Crippen LogP) is 7.73. The highest BCUT2D eigenvalue weighted by Crippen LogP contribution is 2.26. The van der Waals surface area contributed by atoms with Gasteiger partial charge in [0, 0.05) is 36.6 Å². The van der Waals surface area contributed by atoms with E-state index < -0.39 is 0 Å². The van der Waals surface area contributed by atoms with E-state index in [1.807, 2.05) is 66.7 Å². The number of Topliss-reactive ketones (excluding diaryl/α,β-unsaturated/α-hetero) is 4. The third kappa shape index (κ3) is 18.7. The number of hydrogen-bond donors (Lipinski definition) is 1. The molecule has 1 heterocycles. The van der Waals surface area contributed by atoms with E-state index in [0.717, 1.165) is 40.5 Å². The average Bonchev–Trinajstić information content (AvgIpc) is 2.98. The zero-order chi connectivity index (χ0) is 31.2. The summed E-state index contributed by atoms with van der Waals surface area (Å²) < 4.78 is 5.12. The third-order valence-corrected chi connectivity index (χ3v) is 6.60. The molecule has 0 aliphatic heterocycles. The van der Waals surface area contributed by atoms with Crippen molar-refractivity contribution >= 4 is 35.8 Å². The smallest absolute Gasteiger partial charge is 0.167 e. The zero-order valence-corrected chi connectivity index (χ0v) is 26.3. The van der Waals surface area contributed by atoms with Gasteiger partial charge in [0.25, 0.3) is 0 Å². The Labute approximate surface area is 256 Å². The van der Waals surface area contributed by atoms with Gasteiger partial charge in [-0.3, -0.25) is 19.4 Å². The van der Waals surface area contributed by atoms with Crippen molar-refractivity contribution in [1.29, 1.82) is 0 Å². The Bertz CT molecular complexity index is 1190. The first-order valence-corrected chi connectivity index (χ1v) is 15.0. The van der Waals surface area contributed by atoms with E-state index in [1.165, 1.54) is 39.0 Å². The van der Waals surface area contributed by atoms with E-state index in [0.29, 0.717) is 12.2 Å². The molecule has 0 bridgehead atoms. The molecule has 0 saturated heterocycles. The van der Waals surface area contributed by atoms with Gasteiger partial charge in [-0.1, -0.05) is 74.6 Å². The van der Waals surface area contributed by atoms with Gasteiger partial charge < -0.3 is 9.53 Å². The summed E-state index contributed by atoms with van der Waals surface area (Å²) in [5.41, 5.74) is 2.93. The largest absolute Gasteiger partial charge is 0.486 e. The number of carbonyl (C=O) groups excluding carboxylic acids is 4. The first-order chi connectivity index (χ1) is 20.1. The molecule has 0 radical (unpaired) electrons. The maximum absolute atomic E-state index is 10.8. The molecule has 0 N–H and O–H groups in total. The Kier molecular flexibility index (Phi) is 19.2. The second-order valence-electron chi connectivity index (χ2n) is 10.4. The molecule has 0 unspecified atom stereocenters. The Balaban J connectivity index is 0.000000280. The lowest BCUT2D eigenvalue weighted by atomic mass is 9.86. The molecule has 0 amide bonds. The fourth-order valence-corrected chi connectivity index (χ4v) is 4.34. The fourth-order valence-electron chi connectivity index (χ4n) is 4.13. The Morgan fingerprint density at radius 3 is 1.81 bits per heavy atom. The standard InChI is InChI=1S/C9H10O2.C9H10OS.C9H16O.C8H9NO/c1-8(10)7-11-9-5-3-2-4-6-9;1-7(10)9-4-2-8(6-11)3-5-9;1-8(10)7-9-5-3-2-4-6-9;1-7(10)6-8-2-4-9-5-3-8/h2-6H,7H2,1H3;2-5,11H,6H2,1H3;9H,2-7H2,1H3;2-5H,6H2,1H3. The minimum absolute atomic E-state index is 0.0360. The number of ketones is 4. The second kappa shape index (κ2) is 22.1. The topological polar surface area (TPSA) is 90.4 Å². The summed E-state index contributed by atoms with van der Waals surface area (Å²) in [7, 11) is 0. The van der Waals surface area contributed by atoms with Crippen molar-refractivity contribution in [1.82, 2.24) is 4.98 Å². The molecule has 1 aliphatic carbocycles. The van der Waals surface area contributed by atoms with Gasteiger partial charge in [0.05, 0.1) is 0 Å². The van der Waals surface area contributed by atoms with Gasteiger partial charge >= 0.3 is 0 Å². The lowest BCUT2D eigenvalue weighted by Crippen LogP contribution is -2.09. The van der Waals surface area contributed by atoms with Crippen LogP contribution in [0.15, 0.2) is 79.1 Å². The van der Waals surface area contributed by atoms with Gasteiger partial charge in [-0.05, 0) is 69.0 Å². The average molecular weight is 592 g/mol. The molecule has 6 nitrogen and oxygen atoms in total. The molecule has 42 heavy (non-hydrogen) atoms. The molecular weight excluding hydrogens is 546 g/mol. The van der Waals surface area contributed by atoms with Gasteiger partial charge in [0.1, 0.15) is 23.9 Å². The number of hydrogen-bond acceptors (Lipinski definition) is 7. The highest BCUT2D eigenvalue weighted by molar-refractivity contribution is 7.79. The summed E-state index contributed by atoms with van der Waals surface area (Å²) in [5.74, 6) is 2.88. The molecule has 1 saturated carbocycles. The lowest BCUT2D eigenvalue weighted by Gasteiger charge is -2.19. The highest BCUT2D eigenvalue weighted by atomic mass is 32.1. The van der Waals surface area contributed by atoms with Gasteiger partial charge in [0.15, 0.2) is 11.6 Å². The first kappa shape index (κ1) is 36.4. The minimum atomic E-state index is 0.0360. The van der Waals surface area contributed by atoms with E-state index in [1.54, 1.807) is 33.2 Å². The van der Waals surface area contributed by atoms with Crippen LogP contribution < -0.4 is 4.74 Å². The molecule has 7 heteroatoms. The molecular formula is C35H45NO5S. The monoisotopic (exact) mass is 591 g/mol. The van der Waals surface area contributed by atoms with E-state index in [2.05, 4.69) is 17.6 Å². The summed E-state index contributed by atoms with van der Waals surface area (Å²) >= 11 is 4.11. The van der Waals surface area contributed by atoms with Crippen molar-refractivity contribution in [2.45, 2.75) is 78.4 Å². The van der Waals surface area contributed by atoms with Crippen molar-refractivity contribution in [3.05, 3.63) is 95.8 Å². The lowest BCUT2D eigenvalue weighted by molar-refractivity contribution is -0.119. The van der Waals surface area contributed by atoms with Crippen LogP contribution in [0, 0.1) is 5.92 Å². The maximum atomic E-state index is 10.8. The van der Waals surface area contributed by atoms with E-state index >= 15 is 0 Å². The molecule has 4 rings (SSSR count). The molecule has 3 aromatic rings. The fraction of sp³-hybridized carbons (Fsp3) is 0.400. The SMILES string of the molecule is CC(=O)CC1CCCCC1.CC(=O)COc1ccccc1.CC(=O)Cc1ccncc1.CC(=O)c1ccc(CS)cc1. The van der Waals surface area contributed by atoms with Crippen LogP contribution in [-0.4, -0.2) is 34.7 Å². The number of aromatic nitrogens is 1. The van der Waals surface area contributed by atoms with Crippen LogP contribution in [0.4, 0.5) is 0 Å². The molecule has 2 aromatic carbocycles. The van der Waals surface area contributed by atoms with Gasteiger partial charge in [0.2, 0.25) is 0 Å². The molecule has 0 atom stereocenters. The summed E-state index contributed by atoms with van der Waals surface area (Å²) in [6.07, 6.45) is 11.4. The van der Waals surface area contributed by atoms with Crippen molar-refractivity contribution in [2.75, 3.05) is 6.61 Å². The van der Waals surface area contributed by atoms with Crippen LogP contribution in [0.5, 0.6) is 5.75 Å². The first-order valence-electron chi connectivity index (χ1n) is 14.4. The quantitative estimate of drug-likeness (QED) is 0.202.